The topological polar surface area (TPSA) is 73.2 Å². The van der Waals surface area contributed by atoms with Crippen LogP contribution in [0, 0.1) is 23.1 Å². The Morgan fingerprint density at radius 3 is 2.95 bits per heavy atom. The molecule has 1 aromatic rings. The third-order valence-electron chi connectivity index (χ3n) is 3.57. The van der Waals surface area contributed by atoms with Crippen LogP contribution in [0.25, 0.3) is 0 Å². The summed E-state index contributed by atoms with van der Waals surface area (Å²) in [7, 11) is 1.59. The molecular formula is C15H16FN3O2. The van der Waals surface area contributed by atoms with Gasteiger partial charge < -0.3 is 10.2 Å². The normalized spacial score (nSPS) is 17.8. The Kier molecular flexibility index (Phi) is 4.53. The number of piperidine rings is 1. The van der Waals surface area contributed by atoms with E-state index in [-0.39, 0.29) is 24.3 Å². The lowest BCUT2D eigenvalue weighted by Crippen LogP contribution is -2.43. The Hall–Kier alpha value is -2.42. The highest BCUT2D eigenvalue weighted by Gasteiger charge is 2.27. The molecule has 0 saturated carbocycles. The van der Waals surface area contributed by atoms with Crippen molar-refractivity contribution < 1.29 is 14.0 Å². The molecule has 0 bridgehead atoms. The number of hydrogen-bond acceptors (Lipinski definition) is 3. The van der Waals surface area contributed by atoms with E-state index in [9.17, 15) is 14.0 Å². The van der Waals surface area contributed by atoms with E-state index < -0.39 is 5.82 Å². The van der Waals surface area contributed by atoms with E-state index in [1.54, 1.807) is 7.05 Å². The molecule has 2 amide bonds. The van der Waals surface area contributed by atoms with Crippen molar-refractivity contribution >= 4 is 11.8 Å². The lowest BCUT2D eigenvalue weighted by molar-refractivity contribution is -0.136. The predicted octanol–water partition coefficient (Wildman–Crippen LogP) is 1.18. The maximum Gasteiger partial charge on any atom is 0.227 e. The van der Waals surface area contributed by atoms with E-state index in [1.807, 2.05) is 6.07 Å². The van der Waals surface area contributed by atoms with Crippen LogP contribution in [-0.2, 0) is 16.1 Å². The van der Waals surface area contributed by atoms with Crippen LogP contribution in [0.1, 0.15) is 24.0 Å². The lowest BCUT2D eigenvalue weighted by Gasteiger charge is -2.26. The number of halogens is 1. The fourth-order valence-corrected chi connectivity index (χ4v) is 2.35. The van der Waals surface area contributed by atoms with Crippen LogP contribution in [0.5, 0.6) is 0 Å². The Bertz CT molecular complexity index is 599. The summed E-state index contributed by atoms with van der Waals surface area (Å²) in [4.78, 5) is 24.8. The highest BCUT2D eigenvalue weighted by Crippen LogP contribution is 2.17. The zero-order valence-corrected chi connectivity index (χ0v) is 11.7. The number of nitriles is 1. The molecule has 1 atom stereocenters. The zero-order chi connectivity index (χ0) is 15.4. The molecule has 1 aliphatic rings. The van der Waals surface area contributed by atoms with Gasteiger partial charge in [0.25, 0.3) is 0 Å². The number of nitrogens with zero attached hydrogens (tertiary/aromatic N) is 2. The molecule has 1 aromatic carbocycles. The van der Waals surface area contributed by atoms with E-state index in [1.165, 1.54) is 23.1 Å². The molecule has 2 rings (SSSR count). The molecule has 1 unspecified atom stereocenters. The van der Waals surface area contributed by atoms with Gasteiger partial charge in [0, 0.05) is 32.1 Å². The minimum Gasteiger partial charge on any atom is -0.355 e. The maximum absolute atomic E-state index is 13.7. The summed E-state index contributed by atoms with van der Waals surface area (Å²) < 4.78 is 13.7. The van der Waals surface area contributed by atoms with Gasteiger partial charge in [-0.05, 0) is 24.6 Å². The van der Waals surface area contributed by atoms with Gasteiger partial charge in [-0.25, -0.2) is 4.39 Å². The molecule has 1 N–H and O–H groups in total. The van der Waals surface area contributed by atoms with Crippen molar-refractivity contribution in [3.05, 3.63) is 35.1 Å². The largest absolute Gasteiger partial charge is 0.355 e. The summed E-state index contributed by atoms with van der Waals surface area (Å²) in [5.41, 5.74) is 0.668. The molecule has 0 aliphatic carbocycles. The van der Waals surface area contributed by atoms with E-state index in [2.05, 4.69) is 5.32 Å². The Labute approximate surface area is 122 Å². The van der Waals surface area contributed by atoms with Crippen molar-refractivity contribution in [2.24, 2.45) is 5.92 Å². The summed E-state index contributed by atoms with van der Waals surface area (Å²) >= 11 is 0. The summed E-state index contributed by atoms with van der Waals surface area (Å²) in [6.45, 7) is 0.424. The van der Waals surface area contributed by atoms with Gasteiger partial charge in [-0.3, -0.25) is 9.59 Å². The smallest absolute Gasteiger partial charge is 0.227 e. The zero-order valence-electron chi connectivity index (χ0n) is 11.7. The average molecular weight is 289 g/mol. The van der Waals surface area contributed by atoms with Crippen LogP contribution in [0.15, 0.2) is 18.2 Å². The molecule has 1 fully saturated rings. The molecule has 6 heteroatoms. The first kappa shape index (κ1) is 15.0. The third-order valence-corrected chi connectivity index (χ3v) is 3.57. The predicted molar refractivity (Wildman–Crippen MR) is 73.3 cm³/mol. The fraction of sp³-hybridized carbons (Fsp3) is 0.400. The molecule has 0 spiro atoms. The van der Waals surface area contributed by atoms with Crippen LogP contribution < -0.4 is 5.32 Å². The second-order valence-corrected chi connectivity index (χ2v) is 5.15. The van der Waals surface area contributed by atoms with Gasteiger partial charge in [0.15, 0.2) is 0 Å². The number of hydrogen-bond donors (Lipinski definition) is 1. The number of benzene rings is 1. The summed E-state index contributed by atoms with van der Waals surface area (Å²) in [5, 5.41) is 11.5. The van der Waals surface area contributed by atoms with Crippen LogP contribution in [0.2, 0.25) is 0 Å². The number of amides is 2. The van der Waals surface area contributed by atoms with Crippen molar-refractivity contribution in [2.75, 3.05) is 13.6 Å². The van der Waals surface area contributed by atoms with Crippen molar-refractivity contribution in [2.45, 2.75) is 19.4 Å². The first-order valence-electron chi connectivity index (χ1n) is 6.71. The number of rotatable bonds is 3. The second kappa shape index (κ2) is 6.35. The maximum atomic E-state index is 13.7. The van der Waals surface area contributed by atoms with Crippen molar-refractivity contribution in [1.82, 2.24) is 10.2 Å². The molecule has 0 aromatic heterocycles. The monoisotopic (exact) mass is 289 g/mol. The Morgan fingerprint density at radius 2 is 2.33 bits per heavy atom. The quantitative estimate of drug-likeness (QED) is 0.908. The fourth-order valence-electron chi connectivity index (χ4n) is 2.35. The summed E-state index contributed by atoms with van der Waals surface area (Å²) in [6, 6.07) is 6.02. The number of carbonyl (C=O) groups is 2. The third kappa shape index (κ3) is 3.57. The van der Waals surface area contributed by atoms with Gasteiger partial charge in [0.2, 0.25) is 11.8 Å². The van der Waals surface area contributed by atoms with Crippen LogP contribution in [-0.4, -0.2) is 30.3 Å². The summed E-state index contributed by atoms with van der Waals surface area (Å²) in [5.74, 6) is -0.883. The van der Waals surface area contributed by atoms with Crippen LogP contribution in [0.3, 0.4) is 0 Å². The van der Waals surface area contributed by atoms with Crippen LogP contribution >= 0.6 is 0 Å². The van der Waals surface area contributed by atoms with E-state index in [4.69, 9.17) is 5.26 Å². The standard InChI is InChI=1S/C15H16FN3O2/c1-19(15(21)11-3-5-14(20)18-8-11)9-12-6-10(7-17)2-4-13(12)16/h2,4,6,11H,3,5,8-9H2,1H3,(H,18,20). The molecular weight excluding hydrogens is 273 g/mol. The molecule has 21 heavy (non-hydrogen) atoms. The SMILES string of the molecule is CN(Cc1cc(C#N)ccc1F)C(=O)C1CCC(=O)NC1. The van der Waals surface area contributed by atoms with E-state index in [0.29, 0.717) is 30.5 Å². The Balaban J connectivity index is 2.04. The molecule has 5 nitrogen and oxygen atoms in total. The van der Waals surface area contributed by atoms with Crippen molar-refractivity contribution in [1.29, 1.82) is 5.26 Å². The number of nitrogens with one attached hydrogen (secondary N) is 1. The first-order chi connectivity index (χ1) is 10.0. The minimum absolute atomic E-state index is 0.0468. The summed E-state index contributed by atoms with van der Waals surface area (Å²) in [6.07, 6.45) is 0.845. The van der Waals surface area contributed by atoms with Gasteiger partial charge >= 0.3 is 0 Å². The van der Waals surface area contributed by atoms with Gasteiger partial charge in [0.05, 0.1) is 17.6 Å². The van der Waals surface area contributed by atoms with Gasteiger partial charge in [-0.1, -0.05) is 0 Å². The molecule has 1 heterocycles. The minimum atomic E-state index is -0.439. The molecule has 1 aliphatic heterocycles. The molecule has 1 saturated heterocycles. The van der Waals surface area contributed by atoms with Gasteiger partial charge in [0.1, 0.15) is 5.82 Å². The molecule has 0 radical (unpaired) electrons. The van der Waals surface area contributed by atoms with E-state index in [0.717, 1.165) is 0 Å². The van der Waals surface area contributed by atoms with Crippen LogP contribution in [0.4, 0.5) is 4.39 Å². The van der Waals surface area contributed by atoms with Gasteiger partial charge in [-0.2, -0.15) is 5.26 Å². The number of carbonyl (C=O) groups excluding carboxylic acids is 2. The Morgan fingerprint density at radius 1 is 1.57 bits per heavy atom. The van der Waals surface area contributed by atoms with Gasteiger partial charge in [-0.15, -0.1) is 0 Å². The average Bonchev–Trinajstić information content (AvgIpc) is 2.49. The highest BCUT2D eigenvalue weighted by atomic mass is 19.1. The second-order valence-electron chi connectivity index (χ2n) is 5.15. The van der Waals surface area contributed by atoms with E-state index >= 15 is 0 Å². The molecule has 110 valence electrons. The first-order valence-corrected chi connectivity index (χ1v) is 6.71. The van der Waals surface area contributed by atoms with Crippen molar-refractivity contribution in [3.63, 3.8) is 0 Å². The lowest BCUT2D eigenvalue weighted by atomic mass is 9.97. The van der Waals surface area contributed by atoms with Crippen molar-refractivity contribution in [3.8, 4) is 6.07 Å². The highest BCUT2D eigenvalue weighted by molar-refractivity contribution is 5.83.